The first-order valence-corrected chi connectivity index (χ1v) is 5.91. The van der Waals surface area contributed by atoms with Crippen LogP contribution in [0, 0.1) is 10.1 Å². The molecule has 0 aromatic heterocycles. The minimum Gasteiger partial charge on any atom is -0.258 e. The van der Waals surface area contributed by atoms with Gasteiger partial charge in [0.2, 0.25) is 0 Å². The Labute approximate surface area is 106 Å². The highest BCUT2D eigenvalue weighted by atomic mass is 16.6. The molecular formula is C15H15NO2. The minimum absolute atomic E-state index is 0.172. The number of nitro groups is 1. The molecule has 3 nitrogen and oxygen atoms in total. The number of allylic oxidation sites excluding steroid dienone is 5. The lowest BCUT2D eigenvalue weighted by molar-refractivity contribution is -0.419. The maximum Gasteiger partial charge on any atom is 0.265 e. The monoisotopic (exact) mass is 241 g/mol. The average molecular weight is 241 g/mol. The van der Waals surface area contributed by atoms with Gasteiger partial charge in [-0.15, -0.1) is 0 Å². The maximum atomic E-state index is 10.7. The molecule has 0 amide bonds. The second kappa shape index (κ2) is 5.00. The molecule has 0 radical (unpaired) electrons. The molecule has 2 rings (SSSR count). The Balaban J connectivity index is 2.39. The third-order valence-electron chi connectivity index (χ3n) is 3.19. The predicted molar refractivity (Wildman–Crippen MR) is 71.8 cm³/mol. The van der Waals surface area contributed by atoms with Crippen molar-refractivity contribution >= 4 is 0 Å². The van der Waals surface area contributed by atoms with E-state index in [0.29, 0.717) is 6.42 Å². The molecule has 0 aliphatic heterocycles. The first-order chi connectivity index (χ1) is 8.68. The fourth-order valence-corrected chi connectivity index (χ4v) is 2.26. The van der Waals surface area contributed by atoms with E-state index in [4.69, 9.17) is 0 Å². The van der Waals surface area contributed by atoms with Gasteiger partial charge in [-0.1, -0.05) is 48.6 Å². The van der Waals surface area contributed by atoms with E-state index in [-0.39, 0.29) is 16.0 Å². The van der Waals surface area contributed by atoms with Crippen molar-refractivity contribution in [2.24, 2.45) is 0 Å². The smallest absolute Gasteiger partial charge is 0.258 e. The Bertz CT molecular complexity index is 529. The average Bonchev–Trinajstić information content (AvgIpc) is 2.40. The maximum absolute atomic E-state index is 10.7. The molecule has 92 valence electrons. The van der Waals surface area contributed by atoms with E-state index in [1.165, 1.54) is 0 Å². The Morgan fingerprint density at radius 3 is 2.56 bits per heavy atom. The highest BCUT2D eigenvalue weighted by Gasteiger charge is 2.29. The quantitative estimate of drug-likeness (QED) is 0.461. The lowest BCUT2D eigenvalue weighted by Gasteiger charge is -2.28. The van der Waals surface area contributed by atoms with Gasteiger partial charge in [-0.2, -0.15) is 0 Å². The van der Waals surface area contributed by atoms with Crippen LogP contribution < -0.4 is 0 Å². The lowest BCUT2D eigenvalue weighted by Crippen LogP contribution is -2.22. The second-order valence-electron chi connectivity index (χ2n) is 4.33. The molecule has 1 aromatic rings. The summed E-state index contributed by atoms with van der Waals surface area (Å²) in [7, 11) is 0. The van der Waals surface area contributed by atoms with Gasteiger partial charge in [0.05, 0.1) is 4.92 Å². The molecule has 3 heteroatoms. The van der Waals surface area contributed by atoms with Crippen LogP contribution in [0.25, 0.3) is 0 Å². The summed E-state index contributed by atoms with van der Waals surface area (Å²) in [6.07, 6.45) is 9.90. The van der Waals surface area contributed by atoms with Crippen molar-refractivity contribution in [2.75, 3.05) is 0 Å². The van der Waals surface area contributed by atoms with Gasteiger partial charge in [-0.25, -0.2) is 0 Å². The molecule has 0 fully saturated rings. The summed E-state index contributed by atoms with van der Waals surface area (Å²) in [6, 6.07) is 10.0. The lowest BCUT2D eigenvalue weighted by atomic mass is 9.75. The van der Waals surface area contributed by atoms with Gasteiger partial charge in [-0.05, 0) is 25.0 Å². The normalized spacial score (nSPS) is 23.1. The Hall–Kier alpha value is -2.16. The van der Waals surface area contributed by atoms with Crippen LogP contribution in [0.1, 0.15) is 18.9 Å². The summed E-state index contributed by atoms with van der Waals surface area (Å²) in [5, 5.41) is 10.7. The molecule has 0 spiro atoms. The van der Waals surface area contributed by atoms with Gasteiger partial charge in [0.1, 0.15) is 0 Å². The summed E-state index contributed by atoms with van der Waals surface area (Å²) >= 11 is 0. The van der Waals surface area contributed by atoms with Crippen LogP contribution in [-0.2, 0) is 5.41 Å². The molecule has 18 heavy (non-hydrogen) atoms. The van der Waals surface area contributed by atoms with E-state index in [1.807, 2.05) is 37.3 Å². The third-order valence-corrected chi connectivity index (χ3v) is 3.19. The fraction of sp³-hybridized carbons (Fsp3) is 0.200. The minimum atomic E-state index is -0.346. The summed E-state index contributed by atoms with van der Waals surface area (Å²) < 4.78 is 0. The second-order valence-corrected chi connectivity index (χ2v) is 4.33. The van der Waals surface area contributed by atoms with Crippen LogP contribution in [0.5, 0.6) is 0 Å². The van der Waals surface area contributed by atoms with Crippen LogP contribution in [0.15, 0.2) is 66.4 Å². The molecule has 1 atom stereocenters. The Morgan fingerprint density at radius 1 is 1.33 bits per heavy atom. The van der Waals surface area contributed by atoms with E-state index in [0.717, 1.165) is 5.56 Å². The van der Waals surface area contributed by atoms with Crippen molar-refractivity contribution in [1.29, 1.82) is 0 Å². The van der Waals surface area contributed by atoms with Crippen LogP contribution in [-0.4, -0.2) is 4.92 Å². The SMILES string of the molecule is C/C=C/C1(c2ccccc2)C=CC([N+](=O)[O-])=CC1. The Kier molecular flexibility index (Phi) is 3.42. The first-order valence-electron chi connectivity index (χ1n) is 5.91. The first kappa shape index (κ1) is 12.3. The van der Waals surface area contributed by atoms with Gasteiger partial charge in [0.15, 0.2) is 0 Å². The van der Waals surface area contributed by atoms with Crippen molar-refractivity contribution in [1.82, 2.24) is 0 Å². The molecule has 1 aliphatic carbocycles. The van der Waals surface area contributed by atoms with E-state index in [1.54, 1.807) is 12.2 Å². The van der Waals surface area contributed by atoms with Crippen LogP contribution >= 0.6 is 0 Å². The highest BCUT2D eigenvalue weighted by molar-refractivity contribution is 5.41. The van der Waals surface area contributed by atoms with E-state index >= 15 is 0 Å². The van der Waals surface area contributed by atoms with Crippen LogP contribution in [0.3, 0.4) is 0 Å². The number of nitrogens with zero attached hydrogens (tertiary/aromatic N) is 1. The van der Waals surface area contributed by atoms with Gasteiger partial charge in [0, 0.05) is 11.5 Å². The van der Waals surface area contributed by atoms with E-state index in [2.05, 4.69) is 18.2 Å². The van der Waals surface area contributed by atoms with Gasteiger partial charge >= 0.3 is 0 Å². The standard InChI is InChI=1S/C15H15NO2/c1-2-10-15(13-6-4-3-5-7-13)11-8-14(9-12-15)16(17)18/h2-11H,12H2,1H3/b10-2+. The number of rotatable bonds is 3. The van der Waals surface area contributed by atoms with Crippen molar-refractivity contribution in [3.05, 3.63) is 82.1 Å². The van der Waals surface area contributed by atoms with Crippen molar-refractivity contribution in [2.45, 2.75) is 18.8 Å². The third kappa shape index (κ3) is 2.25. The number of hydrogen-bond donors (Lipinski definition) is 0. The molecule has 1 aromatic carbocycles. The van der Waals surface area contributed by atoms with Crippen LogP contribution in [0.4, 0.5) is 0 Å². The zero-order valence-electron chi connectivity index (χ0n) is 10.2. The molecular weight excluding hydrogens is 226 g/mol. The van der Waals surface area contributed by atoms with Crippen LogP contribution in [0.2, 0.25) is 0 Å². The zero-order chi connectivity index (χ0) is 13.0. The van der Waals surface area contributed by atoms with E-state index < -0.39 is 0 Å². The molecule has 0 heterocycles. The van der Waals surface area contributed by atoms with Crippen molar-refractivity contribution in [3.63, 3.8) is 0 Å². The highest BCUT2D eigenvalue weighted by Crippen LogP contribution is 2.35. The molecule has 1 aliphatic rings. The predicted octanol–water partition coefficient (Wildman–Crippen LogP) is 3.62. The zero-order valence-corrected chi connectivity index (χ0v) is 10.2. The van der Waals surface area contributed by atoms with Gasteiger partial charge < -0.3 is 0 Å². The number of hydrogen-bond acceptors (Lipinski definition) is 2. The fourth-order valence-electron chi connectivity index (χ4n) is 2.26. The largest absolute Gasteiger partial charge is 0.265 e. The summed E-state index contributed by atoms with van der Waals surface area (Å²) in [6.45, 7) is 1.96. The van der Waals surface area contributed by atoms with Crippen molar-refractivity contribution < 1.29 is 4.92 Å². The molecule has 0 saturated carbocycles. The number of benzene rings is 1. The van der Waals surface area contributed by atoms with Crippen molar-refractivity contribution in [3.8, 4) is 0 Å². The molecule has 0 N–H and O–H groups in total. The summed E-state index contributed by atoms with van der Waals surface area (Å²) in [4.78, 5) is 10.4. The molecule has 0 bridgehead atoms. The van der Waals surface area contributed by atoms with Gasteiger partial charge in [0.25, 0.3) is 5.70 Å². The topological polar surface area (TPSA) is 43.1 Å². The molecule has 0 saturated heterocycles. The Morgan fingerprint density at radius 2 is 2.06 bits per heavy atom. The van der Waals surface area contributed by atoms with E-state index in [9.17, 15) is 10.1 Å². The summed E-state index contributed by atoms with van der Waals surface area (Å²) in [5.41, 5.74) is 1.07. The molecule has 1 unspecified atom stereocenters. The van der Waals surface area contributed by atoms with Gasteiger partial charge in [-0.3, -0.25) is 10.1 Å². The summed E-state index contributed by atoms with van der Waals surface area (Å²) in [5.74, 6) is 0.